The quantitative estimate of drug-likeness (QED) is 0.290. The SMILES string of the molecule is COC[C@H](NC(=O)[C@H](CC(=O)OCc1ccccc1)NC(=O)OC(C)(C)C)C(=O)NCc1cccc(OC)c1OC. The fourth-order valence-electron chi connectivity index (χ4n) is 3.64. The first-order valence-corrected chi connectivity index (χ1v) is 12.9. The number of alkyl carbamates (subject to hydrolysis) is 1. The van der Waals surface area contributed by atoms with Crippen LogP contribution in [-0.4, -0.2) is 69.5 Å². The third kappa shape index (κ3) is 11.4. The lowest BCUT2D eigenvalue weighted by Gasteiger charge is -2.25. The van der Waals surface area contributed by atoms with Crippen molar-refractivity contribution >= 4 is 23.9 Å². The maximum Gasteiger partial charge on any atom is 0.408 e. The van der Waals surface area contributed by atoms with E-state index in [-0.39, 0.29) is 19.8 Å². The van der Waals surface area contributed by atoms with E-state index in [1.807, 2.05) is 6.07 Å². The summed E-state index contributed by atoms with van der Waals surface area (Å²) in [5.74, 6) is -1.14. The predicted octanol–water partition coefficient (Wildman–Crippen LogP) is 2.48. The van der Waals surface area contributed by atoms with Crippen LogP contribution < -0.4 is 25.4 Å². The Morgan fingerprint density at radius 1 is 0.829 bits per heavy atom. The van der Waals surface area contributed by atoms with Crippen LogP contribution in [0.15, 0.2) is 48.5 Å². The van der Waals surface area contributed by atoms with E-state index in [1.54, 1.807) is 63.2 Å². The number of para-hydroxylation sites is 1. The summed E-state index contributed by atoms with van der Waals surface area (Å²) in [7, 11) is 4.36. The summed E-state index contributed by atoms with van der Waals surface area (Å²) in [6, 6.07) is 11.7. The molecule has 0 spiro atoms. The van der Waals surface area contributed by atoms with Crippen molar-refractivity contribution in [3.63, 3.8) is 0 Å². The van der Waals surface area contributed by atoms with E-state index < -0.39 is 48.0 Å². The Balaban J connectivity index is 2.12. The van der Waals surface area contributed by atoms with Crippen LogP contribution in [0, 0.1) is 0 Å². The summed E-state index contributed by atoms with van der Waals surface area (Å²) in [6.07, 6.45) is -1.41. The smallest absolute Gasteiger partial charge is 0.408 e. The summed E-state index contributed by atoms with van der Waals surface area (Å²) in [6.45, 7) is 4.86. The molecule has 2 aromatic carbocycles. The molecule has 0 aliphatic carbocycles. The van der Waals surface area contributed by atoms with E-state index in [2.05, 4.69) is 16.0 Å². The maximum absolute atomic E-state index is 13.2. The molecule has 0 bridgehead atoms. The number of ether oxygens (including phenoxy) is 5. The number of benzene rings is 2. The molecule has 224 valence electrons. The first-order chi connectivity index (χ1) is 19.5. The topological polar surface area (TPSA) is 151 Å². The Labute approximate surface area is 240 Å². The second kappa shape index (κ2) is 16.1. The predicted molar refractivity (Wildman–Crippen MR) is 149 cm³/mol. The van der Waals surface area contributed by atoms with Crippen molar-refractivity contribution in [3.8, 4) is 11.5 Å². The zero-order chi connectivity index (χ0) is 30.4. The maximum atomic E-state index is 13.2. The van der Waals surface area contributed by atoms with Crippen LogP contribution in [0.5, 0.6) is 11.5 Å². The molecule has 0 aliphatic rings. The molecular weight excluding hydrogens is 534 g/mol. The number of rotatable bonds is 14. The zero-order valence-corrected chi connectivity index (χ0v) is 24.3. The fraction of sp³-hybridized carbons (Fsp3) is 0.448. The van der Waals surface area contributed by atoms with Crippen molar-refractivity contribution in [1.29, 1.82) is 0 Å². The summed E-state index contributed by atoms with van der Waals surface area (Å²) in [5, 5.41) is 7.67. The van der Waals surface area contributed by atoms with Gasteiger partial charge in [-0.15, -0.1) is 0 Å². The van der Waals surface area contributed by atoms with Gasteiger partial charge in [0.15, 0.2) is 11.5 Å². The molecule has 12 heteroatoms. The minimum atomic E-state index is -1.39. The lowest BCUT2D eigenvalue weighted by molar-refractivity contribution is -0.147. The van der Waals surface area contributed by atoms with E-state index in [9.17, 15) is 19.2 Å². The molecule has 0 fully saturated rings. The van der Waals surface area contributed by atoms with Gasteiger partial charge in [0.25, 0.3) is 0 Å². The molecule has 0 aliphatic heterocycles. The average molecular weight is 574 g/mol. The molecule has 2 aromatic rings. The van der Waals surface area contributed by atoms with E-state index in [1.165, 1.54) is 21.3 Å². The van der Waals surface area contributed by atoms with Gasteiger partial charge in [-0.05, 0) is 32.4 Å². The standard InChI is InChI=1S/C29H39N3O9/c1-29(2,3)41-28(36)32-21(15-24(33)40-17-19-11-8-7-9-12-19)27(35)31-22(18-37-4)26(34)30-16-20-13-10-14-23(38-5)25(20)39-6/h7-14,21-22H,15-18H2,1-6H3,(H,30,34)(H,31,35)(H,32,36)/t21-,22-/m0/s1. The number of hydrogen-bond donors (Lipinski definition) is 3. The van der Waals surface area contributed by atoms with E-state index in [0.717, 1.165) is 5.56 Å². The minimum Gasteiger partial charge on any atom is -0.493 e. The van der Waals surface area contributed by atoms with Gasteiger partial charge in [-0.1, -0.05) is 42.5 Å². The molecule has 3 N–H and O–H groups in total. The van der Waals surface area contributed by atoms with Crippen molar-refractivity contribution < 1.29 is 42.9 Å². The Morgan fingerprint density at radius 3 is 2.15 bits per heavy atom. The number of carbonyl (C=O) groups excluding carboxylic acids is 4. The highest BCUT2D eigenvalue weighted by Crippen LogP contribution is 2.30. The lowest BCUT2D eigenvalue weighted by Crippen LogP contribution is -2.56. The van der Waals surface area contributed by atoms with E-state index in [4.69, 9.17) is 23.7 Å². The second-order valence-corrected chi connectivity index (χ2v) is 9.94. The first kappa shape index (κ1) is 32.9. The molecule has 3 amide bonds. The van der Waals surface area contributed by atoms with Crippen LogP contribution in [0.4, 0.5) is 4.79 Å². The minimum absolute atomic E-state index is 0.0110. The summed E-state index contributed by atoms with van der Waals surface area (Å²) in [4.78, 5) is 51.3. The van der Waals surface area contributed by atoms with E-state index in [0.29, 0.717) is 17.1 Å². The molecule has 12 nitrogen and oxygen atoms in total. The van der Waals surface area contributed by atoms with Crippen molar-refractivity contribution in [2.75, 3.05) is 27.9 Å². The molecule has 0 aromatic heterocycles. The molecule has 0 radical (unpaired) electrons. The van der Waals surface area contributed by atoms with Crippen LogP contribution in [0.1, 0.15) is 38.3 Å². The Hall–Kier alpha value is -4.32. The number of carbonyl (C=O) groups is 4. The number of hydrogen-bond acceptors (Lipinski definition) is 9. The van der Waals surface area contributed by atoms with Gasteiger partial charge in [-0.3, -0.25) is 14.4 Å². The molecule has 2 atom stereocenters. The van der Waals surface area contributed by atoms with Gasteiger partial charge >= 0.3 is 12.1 Å². The monoisotopic (exact) mass is 573 g/mol. The molecule has 41 heavy (non-hydrogen) atoms. The molecular formula is C29H39N3O9. The zero-order valence-electron chi connectivity index (χ0n) is 24.3. The van der Waals surface area contributed by atoms with Crippen molar-refractivity contribution in [3.05, 3.63) is 59.7 Å². The normalized spacial score (nSPS) is 12.3. The van der Waals surface area contributed by atoms with Crippen LogP contribution in [-0.2, 0) is 41.7 Å². The largest absolute Gasteiger partial charge is 0.493 e. The van der Waals surface area contributed by atoms with Gasteiger partial charge in [0, 0.05) is 19.2 Å². The van der Waals surface area contributed by atoms with Crippen molar-refractivity contribution in [1.82, 2.24) is 16.0 Å². The average Bonchev–Trinajstić information content (AvgIpc) is 2.93. The third-order valence-electron chi connectivity index (χ3n) is 5.52. The van der Waals surface area contributed by atoms with Gasteiger partial charge in [0.2, 0.25) is 11.8 Å². The highest BCUT2D eigenvalue weighted by atomic mass is 16.6. The van der Waals surface area contributed by atoms with Crippen LogP contribution in [0.2, 0.25) is 0 Å². The Morgan fingerprint density at radius 2 is 1.54 bits per heavy atom. The number of esters is 1. The number of nitrogens with one attached hydrogen (secondary N) is 3. The van der Waals surface area contributed by atoms with Gasteiger partial charge < -0.3 is 39.6 Å². The van der Waals surface area contributed by atoms with Gasteiger partial charge in [0.05, 0.1) is 27.2 Å². The number of methoxy groups -OCH3 is 3. The Bertz CT molecular complexity index is 1170. The molecule has 0 unspecified atom stereocenters. The van der Waals surface area contributed by atoms with Crippen molar-refractivity contribution in [2.24, 2.45) is 0 Å². The molecule has 0 saturated carbocycles. The highest BCUT2D eigenvalue weighted by molar-refractivity contribution is 5.93. The number of amides is 3. The Kier molecular flexibility index (Phi) is 12.9. The molecule has 0 heterocycles. The summed E-state index contributed by atoms with van der Waals surface area (Å²) >= 11 is 0. The fourth-order valence-corrected chi connectivity index (χ4v) is 3.64. The van der Waals surface area contributed by atoms with E-state index >= 15 is 0 Å². The summed E-state index contributed by atoms with van der Waals surface area (Å²) in [5.41, 5.74) is 0.554. The molecule has 0 saturated heterocycles. The first-order valence-electron chi connectivity index (χ1n) is 12.9. The second-order valence-electron chi connectivity index (χ2n) is 9.94. The van der Waals surface area contributed by atoms with Crippen LogP contribution in [0.3, 0.4) is 0 Å². The van der Waals surface area contributed by atoms with Crippen molar-refractivity contribution in [2.45, 2.75) is 58.0 Å². The molecule has 2 rings (SSSR count). The summed E-state index contributed by atoms with van der Waals surface area (Å²) < 4.78 is 26.3. The van der Waals surface area contributed by atoms with Gasteiger partial charge in [-0.25, -0.2) is 4.79 Å². The van der Waals surface area contributed by atoms with Gasteiger partial charge in [-0.2, -0.15) is 0 Å². The van der Waals surface area contributed by atoms with Crippen LogP contribution in [0.25, 0.3) is 0 Å². The third-order valence-corrected chi connectivity index (χ3v) is 5.52. The van der Waals surface area contributed by atoms with Gasteiger partial charge in [0.1, 0.15) is 24.3 Å². The van der Waals surface area contributed by atoms with Crippen LogP contribution >= 0.6 is 0 Å². The lowest BCUT2D eigenvalue weighted by atomic mass is 10.1. The highest BCUT2D eigenvalue weighted by Gasteiger charge is 2.30.